The molecule has 1 rings (SSSR count). The van der Waals surface area contributed by atoms with Crippen LogP contribution in [0.1, 0.15) is 6.92 Å². The summed E-state index contributed by atoms with van der Waals surface area (Å²) in [5, 5.41) is 10.2. The predicted octanol–water partition coefficient (Wildman–Crippen LogP) is 1.94. The largest absolute Gasteiger partial charge is 0.423 e. The number of halogens is 3. The topological polar surface area (TPSA) is 69.4 Å². The Balaban J connectivity index is 3.39. The minimum Gasteiger partial charge on any atom is -0.423 e. The Morgan fingerprint density at radius 2 is 1.94 bits per heavy atom. The third-order valence-corrected chi connectivity index (χ3v) is 1.54. The SMILES string of the molecule is CC(=O)Oc1cc(F)c([N+](=O)[O-])c(F)c1F. The Morgan fingerprint density at radius 3 is 2.38 bits per heavy atom. The Bertz CT molecular complexity index is 475. The van der Waals surface area contributed by atoms with E-state index in [1.807, 2.05) is 0 Å². The zero-order valence-corrected chi connectivity index (χ0v) is 7.79. The van der Waals surface area contributed by atoms with Crippen LogP contribution in [-0.4, -0.2) is 10.9 Å². The van der Waals surface area contributed by atoms with Gasteiger partial charge in [0.1, 0.15) is 0 Å². The van der Waals surface area contributed by atoms with Gasteiger partial charge in [-0.3, -0.25) is 14.9 Å². The van der Waals surface area contributed by atoms with Gasteiger partial charge in [0.2, 0.25) is 17.5 Å². The Morgan fingerprint density at radius 1 is 1.38 bits per heavy atom. The molecular formula is C8H4F3NO4. The highest BCUT2D eigenvalue weighted by molar-refractivity contribution is 5.69. The van der Waals surface area contributed by atoms with Crippen molar-refractivity contribution in [2.45, 2.75) is 6.92 Å². The highest BCUT2D eigenvalue weighted by atomic mass is 19.2. The number of nitro benzene ring substituents is 1. The van der Waals surface area contributed by atoms with Gasteiger partial charge in [0, 0.05) is 13.0 Å². The van der Waals surface area contributed by atoms with Crippen molar-refractivity contribution in [2.75, 3.05) is 0 Å². The van der Waals surface area contributed by atoms with Gasteiger partial charge in [-0.2, -0.15) is 13.2 Å². The normalized spacial score (nSPS) is 10.0. The molecule has 0 N–H and O–H groups in total. The van der Waals surface area contributed by atoms with E-state index >= 15 is 0 Å². The van der Waals surface area contributed by atoms with E-state index in [4.69, 9.17) is 0 Å². The molecule has 5 nitrogen and oxygen atoms in total. The van der Waals surface area contributed by atoms with Gasteiger partial charge < -0.3 is 4.74 Å². The highest BCUT2D eigenvalue weighted by Gasteiger charge is 2.28. The molecule has 0 fully saturated rings. The van der Waals surface area contributed by atoms with Crippen molar-refractivity contribution < 1.29 is 27.6 Å². The third kappa shape index (κ3) is 2.10. The van der Waals surface area contributed by atoms with E-state index in [2.05, 4.69) is 4.74 Å². The maximum absolute atomic E-state index is 13.0. The van der Waals surface area contributed by atoms with Crippen LogP contribution in [0.15, 0.2) is 6.07 Å². The number of rotatable bonds is 2. The van der Waals surface area contributed by atoms with Crippen molar-refractivity contribution in [2.24, 2.45) is 0 Å². The van der Waals surface area contributed by atoms with Gasteiger partial charge >= 0.3 is 11.7 Å². The lowest BCUT2D eigenvalue weighted by atomic mass is 10.2. The third-order valence-electron chi connectivity index (χ3n) is 1.54. The molecule has 0 radical (unpaired) electrons. The van der Waals surface area contributed by atoms with Crippen molar-refractivity contribution in [3.8, 4) is 5.75 Å². The molecule has 0 unspecified atom stereocenters. The average Bonchev–Trinajstić information content (AvgIpc) is 2.12. The van der Waals surface area contributed by atoms with E-state index in [9.17, 15) is 28.1 Å². The zero-order chi connectivity index (χ0) is 12.5. The quantitative estimate of drug-likeness (QED) is 0.258. The van der Waals surface area contributed by atoms with Crippen molar-refractivity contribution in [3.05, 3.63) is 33.6 Å². The molecule has 0 amide bonds. The molecule has 1 aromatic rings. The van der Waals surface area contributed by atoms with E-state index in [1.54, 1.807) is 0 Å². The van der Waals surface area contributed by atoms with Crippen LogP contribution in [0.2, 0.25) is 0 Å². The second-order valence-corrected chi connectivity index (χ2v) is 2.68. The molecule has 0 saturated carbocycles. The molecule has 0 atom stereocenters. The van der Waals surface area contributed by atoms with E-state index < -0.39 is 39.8 Å². The summed E-state index contributed by atoms with van der Waals surface area (Å²) in [5.41, 5.74) is -1.63. The number of ether oxygens (including phenoxy) is 1. The van der Waals surface area contributed by atoms with E-state index in [0.29, 0.717) is 0 Å². The first-order valence-corrected chi connectivity index (χ1v) is 3.85. The van der Waals surface area contributed by atoms with Crippen molar-refractivity contribution in [1.82, 2.24) is 0 Å². The van der Waals surface area contributed by atoms with Crippen LogP contribution in [-0.2, 0) is 4.79 Å². The maximum atomic E-state index is 13.0. The van der Waals surface area contributed by atoms with Crippen LogP contribution in [0, 0.1) is 27.6 Å². The minimum absolute atomic E-state index is 0.234. The van der Waals surface area contributed by atoms with Gasteiger partial charge in [-0.1, -0.05) is 0 Å². The molecule has 0 aromatic heterocycles. The summed E-state index contributed by atoms with van der Waals surface area (Å²) >= 11 is 0. The number of carbonyl (C=O) groups is 1. The Kier molecular flexibility index (Phi) is 3.11. The summed E-state index contributed by atoms with van der Waals surface area (Å²) in [6.07, 6.45) is 0. The number of benzene rings is 1. The second kappa shape index (κ2) is 4.17. The molecule has 1 aromatic carbocycles. The molecule has 0 aliphatic rings. The smallest absolute Gasteiger partial charge is 0.343 e. The average molecular weight is 235 g/mol. The number of carbonyl (C=O) groups excluding carboxylic acids is 1. The molecule has 16 heavy (non-hydrogen) atoms. The molecule has 0 heterocycles. The second-order valence-electron chi connectivity index (χ2n) is 2.68. The zero-order valence-electron chi connectivity index (χ0n) is 7.79. The number of esters is 1. The summed E-state index contributed by atoms with van der Waals surface area (Å²) in [5.74, 6) is -7.47. The van der Waals surface area contributed by atoms with Crippen LogP contribution >= 0.6 is 0 Å². The van der Waals surface area contributed by atoms with Gasteiger partial charge in [0.05, 0.1) is 4.92 Å². The summed E-state index contributed by atoms with van der Waals surface area (Å²) in [6.45, 7) is 0.886. The fourth-order valence-corrected chi connectivity index (χ4v) is 0.960. The first-order valence-electron chi connectivity index (χ1n) is 3.85. The number of nitrogens with zero attached hydrogens (tertiary/aromatic N) is 1. The lowest BCUT2D eigenvalue weighted by molar-refractivity contribution is -0.390. The Hall–Kier alpha value is -2.12. The van der Waals surface area contributed by atoms with Gasteiger partial charge in [-0.25, -0.2) is 0 Å². The monoisotopic (exact) mass is 235 g/mol. The number of hydrogen-bond donors (Lipinski definition) is 0. The van der Waals surface area contributed by atoms with Gasteiger partial charge in [-0.15, -0.1) is 0 Å². The molecule has 0 saturated heterocycles. The number of hydrogen-bond acceptors (Lipinski definition) is 4. The van der Waals surface area contributed by atoms with Crippen molar-refractivity contribution in [1.29, 1.82) is 0 Å². The van der Waals surface area contributed by atoms with E-state index in [0.717, 1.165) is 6.92 Å². The standard InChI is InChI=1S/C8H4F3NO4/c1-3(13)16-5-2-4(9)8(12(14)15)7(11)6(5)10/h2H,1H3. The maximum Gasteiger partial charge on any atom is 0.343 e. The molecule has 0 bridgehead atoms. The predicted molar refractivity (Wildman–Crippen MR) is 44.3 cm³/mol. The summed E-state index contributed by atoms with van der Waals surface area (Å²) in [7, 11) is 0. The van der Waals surface area contributed by atoms with Crippen LogP contribution in [0.5, 0.6) is 5.75 Å². The summed E-state index contributed by atoms with van der Waals surface area (Å²) in [6, 6.07) is 0.234. The van der Waals surface area contributed by atoms with Gasteiger partial charge in [0.25, 0.3) is 0 Å². The summed E-state index contributed by atoms with van der Waals surface area (Å²) in [4.78, 5) is 19.2. The molecule has 86 valence electrons. The van der Waals surface area contributed by atoms with Crippen LogP contribution < -0.4 is 4.74 Å². The molecule has 0 aliphatic heterocycles. The van der Waals surface area contributed by atoms with Crippen molar-refractivity contribution in [3.63, 3.8) is 0 Å². The molecule has 8 heteroatoms. The van der Waals surface area contributed by atoms with Crippen LogP contribution in [0.25, 0.3) is 0 Å². The molecule has 0 aliphatic carbocycles. The highest BCUT2D eigenvalue weighted by Crippen LogP contribution is 2.30. The van der Waals surface area contributed by atoms with Crippen LogP contribution in [0.3, 0.4) is 0 Å². The van der Waals surface area contributed by atoms with Gasteiger partial charge in [0.15, 0.2) is 5.75 Å². The fourth-order valence-electron chi connectivity index (χ4n) is 0.960. The van der Waals surface area contributed by atoms with E-state index in [1.165, 1.54) is 0 Å². The Labute approximate surface area is 86.6 Å². The minimum atomic E-state index is -2.01. The van der Waals surface area contributed by atoms with Crippen LogP contribution in [0.4, 0.5) is 18.9 Å². The first-order chi connectivity index (χ1) is 7.34. The first kappa shape index (κ1) is 12.0. The number of nitro groups is 1. The van der Waals surface area contributed by atoms with Gasteiger partial charge in [-0.05, 0) is 0 Å². The fraction of sp³-hybridized carbons (Fsp3) is 0.125. The van der Waals surface area contributed by atoms with Crippen molar-refractivity contribution >= 4 is 11.7 Å². The molecule has 0 spiro atoms. The van der Waals surface area contributed by atoms with E-state index in [-0.39, 0.29) is 6.07 Å². The summed E-state index contributed by atoms with van der Waals surface area (Å²) < 4.78 is 43.1. The molecular weight excluding hydrogens is 231 g/mol. The lowest BCUT2D eigenvalue weighted by Crippen LogP contribution is -2.07. The lowest BCUT2D eigenvalue weighted by Gasteiger charge is -2.04.